The van der Waals surface area contributed by atoms with Crippen LogP contribution in [0.2, 0.25) is 0 Å². The summed E-state index contributed by atoms with van der Waals surface area (Å²) in [5.41, 5.74) is 0.652. The quantitative estimate of drug-likeness (QED) is 0.423. The maximum atomic E-state index is 12.6. The van der Waals surface area contributed by atoms with Gasteiger partial charge in [-0.3, -0.25) is 4.79 Å². The molecule has 0 bridgehead atoms. The van der Waals surface area contributed by atoms with Gasteiger partial charge in [-0.1, -0.05) is 13.0 Å². The van der Waals surface area contributed by atoms with Gasteiger partial charge in [-0.05, 0) is 44.9 Å². The molecule has 1 aromatic carbocycles. The zero-order valence-electron chi connectivity index (χ0n) is 17.6. The van der Waals surface area contributed by atoms with Crippen molar-refractivity contribution in [3.63, 3.8) is 0 Å². The van der Waals surface area contributed by atoms with Crippen molar-refractivity contribution in [2.75, 3.05) is 26.0 Å². The second-order valence-corrected chi connectivity index (χ2v) is 8.12. The molecule has 0 saturated carbocycles. The summed E-state index contributed by atoms with van der Waals surface area (Å²) >= 11 is 0. The Kier molecular flexibility index (Phi) is 9.73. The molecule has 164 valence electrons. The summed E-state index contributed by atoms with van der Waals surface area (Å²) in [6.07, 6.45) is 0.691. The molecule has 0 aliphatic heterocycles. The van der Waals surface area contributed by atoms with E-state index in [1.807, 2.05) is 13.8 Å². The zero-order valence-corrected chi connectivity index (χ0v) is 18.4. The fourth-order valence-corrected chi connectivity index (χ4v) is 2.91. The van der Waals surface area contributed by atoms with Crippen LogP contribution in [0.25, 0.3) is 0 Å². The summed E-state index contributed by atoms with van der Waals surface area (Å²) in [4.78, 5) is 25.7. The van der Waals surface area contributed by atoms with Gasteiger partial charge in [-0.25, -0.2) is 4.79 Å². The van der Waals surface area contributed by atoms with Gasteiger partial charge in [-0.2, -0.15) is 8.42 Å². The zero-order chi connectivity index (χ0) is 22.0. The Balaban J connectivity index is 3.04. The number of urea groups is 1. The second-order valence-electron chi connectivity index (χ2n) is 6.26. The summed E-state index contributed by atoms with van der Waals surface area (Å²) < 4.78 is 38.8. The van der Waals surface area contributed by atoms with Crippen LogP contribution in [0, 0.1) is 0 Å². The number of nitrogens with one attached hydrogen (secondary N) is 1. The smallest absolute Gasteiger partial charge is 0.325 e. The van der Waals surface area contributed by atoms with Crippen molar-refractivity contribution >= 4 is 22.1 Å². The first-order valence-electron chi connectivity index (χ1n) is 9.46. The molecule has 2 amide bonds. The molecule has 1 atom stereocenters. The molecule has 0 saturated heterocycles. The van der Waals surface area contributed by atoms with E-state index in [2.05, 4.69) is 5.32 Å². The third kappa shape index (κ3) is 7.80. The lowest BCUT2D eigenvalue weighted by atomic mass is 10.1. The number of esters is 1. The van der Waals surface area contributed by atoms with E-state index in [4.69, 9.17) is 13.7 Å². The summed E-state index contributed by atoms with van der Waals surface area (Å²) in [6.45, 7) is 7.18. The van der Waals surface area contributed by atoms with E-state index in [1.165, 1.54) is 20.1 Å². The van der Waals surface area contributed by atoms with Gasteiger partial charge < -0.3 is 23.9 Å². The highest BCUT2D eigenvalue weighted by Crippen LogP contribution is 2.30. The van der Waals surface area contributed by atoms with Gasteiger partial charge in [0.25, 0.3) is 0 Å². The molecule has 0 radical (unpaired) electrons. The number of hydrogen-bond acceptors (Lipinski definition) is 7. The highest BCUT2D eigenvalue weighted by atomic mass is 32.2. The molecule has 1 N–H and O–H groups in total. The van der Waals surface area contributed by atoms with Gasteiger partial charge in [0.15, 0.2) is 11.5 Å². The number of methoxy groups -OCH3 is 1. The van der Waals surface area contributed by atoms with Crippen LogP contribution in [0.4, 0.5) is 4.79 Å². The Morgan fingerprint density at radius 3 is 2.41 bits per heavy atom. The Hall–Kier alpha value is -2.49. The van der Waals surface area contributed by atoms with Gasteiger partial charge in [0.1, 0.15) is 6.54 Å². The van der Waals surface area contributed by atoms with E-state index in [0.29, 0.717) is 12.0 Å². The number of benzene rings is 1. The van der Waals surface area contributed by atoms with E-state index >= 15 is 0 Å². The highest BCUT2D eigenvalue weighted by molar-refractivity contribution is 7.87. The molecule has 1 aromatic rings. The van der Waals surface area contributed by atoms with Crippen molar-refractivity contribution in [3.8, 4) is 11.5 Å². The fraction of sp³-hybridized carbons (Fsp3) is 0.579. The largest absolute Gasteiger partial charge is 0.493 e. The van der Waals surface area contributed by atoms with Crippen LogP contribution < -0.4 is 14.2 Å². The predicted molar refractivity (Wildman–Crippen MR) is 108 cm³/mol. The van der Waals surface area contributed by atoms with E-state index in [0.717, 1.165) is 0 Å². The van der Waals surface area contributed by atoms with Gasteiger partial charge in [0.05, 0.1) is 19.5 Å². The first-order chi connectivity index (χ1) is 13.7. The van der Waals surface area contributed by atoms with Crippen LogP contribution in [0.3, 0.4) is 0 Å². The van der Waals surface area contributed by atoms with Gasteiger partial charge in [-0.15, -0.1) is 0 Å². The van der Waals surface area contributed by atoms with Crippen LogP contribution in [-0.4, -0.2) is 57.4 Å². The molecule has 0 aromatic heterocycles. The molecule has 0 aliphatic rings. The van der Waals surface area contributed by atoms with Gasteiger partial charge >= 0.3 is 22.1 Å². The number of nitrogens with zero attached hydrogens (tertiary/aromatic N) is 1. The number of hydrogen-bond donors (Lipinski definition) is 1. The minimum Gasteiger partial charge on any atom is -0.493 e. The first-order valence-corrected chi connectivity index (χ1v) is 11.0. The number of rotatable bonds is 11. The maximum Gasteiger partial charge on any atom is 0.325 e. The predicted octanol–water partition coefficient (Wildman–Crippen LogP) is 2.30. The van der Waals surface area contributed by atoms with Gasteiger partial charge in [0.2, 0.25) is 0 Å². The minimum atomic E-state index is -3.74. The molecule has 29 heavy (non-hydrogen) atoms. The Labute approximate surface area is 172 Å². The molecule has 0 heterocycles. The summed E-state index contributed by atoms with van der Waals surface area (Å²) in [7, 11) is -2.32. The molecule has 0 fully saturated rings. The van der Waals surface area contributed by atoms with E-state index in [-0.39, 0.29) is 43.0 Å². The van der Waals surface area contributed by atoms with E-state index < -0.39 is 22.1 Å². The number of carbonyl (C=O) groups is 2. The molecule has 9 nitrogen and oxygen atoms in total. The average Bonchev–Trinajstić information content (AvgIpc) is 2.69. The lowest BCUT2D eigenvalue weighted by Crippen LogP contribution is -2.46. The van der Waals surface area contributed by atoms with E-state index in [1.54, 1.807) is 24.0 Å². The summed E-state index contributed by atoms with van der Waals surface area (Å²) in [5.74, 6) is -0.374. The first kappa shape index (κ1) is 24.5. The minimum absolute atomic E-state index is 0.0582. The third-order valence-corrected chi connectivity index (χ3v) is 5.36. The molecule has 1 rings (SSSR count). The summed E-state index contributed by atoms with van der Waals surface area (Å²) in [6, 6.07) is 4.29. The van der Waals surface area contributed by atoms with Gasteiger partial charge in [0, 0.05) is 12.6 Å². The highest BCUT2D eigenvalue weighted by Gasteiger charge is 2.21. The lowest BCUT2D eigenvalue weighted by Gasteiger charge is -2.29. The molecule has 0 aliphatic carbocycles. The van der Waals surface area contributed by atoms with Crippen LogP contribution >= 0.6 is 0 Å². The van der Waals surface area contributed by atoms with Crippen LogP contribution in [0.15, 0.2) is 18.2 Å². The second kappa shape index (κ2) is 11.5. The molecular formula is C19H30N2O7S. The number of carbonyl (C=O) groups excluding carboxylic acids is 2. The monoisotopic (exact) mass is 430 g/mol. The molecule has 1 unspecified atom stereocenters. The Bertz CT molecular complexity index is 796. The van der Waals surface area contributed by atoms with Crippen molar-refractivity contribution in [1.29, 1.82) is 0 Å². The van der Waals surface area contributed by atoms with Crippen molar-refractivity contribution < 1.29 is 31.7 Å². The Morgan fingerprint density at radius 1 is 1.17 bits per heavy atom. The SMILES string of the molecule is CCOC(=O)CNC(=O)N(Cc1ccc(OC)c(OS(=O)(=O)CC)c1)C(C)CC. The normalized spacial score (nSPS) is 12.0. The Morgan fingerprint density at radius 2 is 1.86 bits per heavy atom. The van der Waals surface area contributed by atoms with Crippen LogP contribution in [0.1, 0.15) is 39.7 Å². The maximum absolute atomic E-state index is 12.6. The fourth-order valence-electron chi connectivity index (χ4n) is 2.39. The third-order valence-electron chi connectivity index (χ3n) is 4.22. The van der Waals surface area contributed by atoms with Crippen LogP contribution in [0.5, 0.6) is 11.5 Å². The number of amides is 2. The standard InChI is InChI=1S/C19H30N2O7S/c1-6-14(4)21(19(23)20-12-18(22)27-7-2)13-15-9-10-16(26-5)17(11-15)28-29(24,25)8-3/h9-11,14H,6-8,12-13H2,1-5H3,(H,20,23). The molecule has 10 heteroatoms. The van der Waals surface area contributed by atoms with E-state index in [9.17, 15) is 18.0 Å². The lowest BCUT2D eigenvalue weighted by molar-refractivity contribution is -0.141. The summed E-state index contributed by atoms with van der Waals surface area (Å²) in [5, 5.41) is 2.55. The van der Waals surface area contributed by atoms with Crippen molar-refractivity contribution in [2.45, 2.75) is 46.7 Å². The average molecular weight is 431 g/mol. The van der Waals surface area contributed by atoms with Crippen molar-refractivity contribution in [3.05, 3.63) is 23.8 Å². The van der Waals surface area contributed by atoms with Crippen molar-refractivity contribution in [1.82, 2.24) is 10.2 Å². The molecular weight excluding hydrogens is 400 g/mol. The molecule has 0 spiro atoms. The number of ether oxygens (including phenoxy) is 2. The van der Waals surface area contributed by atoms with Crippen LogP contribution in [-0.2, 0) is 26.2 Å². The topological polar surface area (TPSA) is 111 Å². The van der Waals surface area contributed by atoms with Crippen molar-refractivity contribution in [2.24, 2.45) is 0 Å².